The maximum Gasteiger partial charge on any atom is 0.228 e. The van der Waals surface area contributed by atoms with Crippen molar-refractivity contribution < 1.29 is 9.21 Å². The molecule has 1 fully saturated rings. The van der Waals surface area contributed by atoms with E-state index in [0.717, 1.165) is 22.2 Å². The molecular formula is C19H17NO2S2. The van der Waals surface area contributed by atoms with Crippen LogP contribution in [0.4, 0.5) is 5.69 Å². The van der Waals surface area contributed by atoms with E-state index in [9.17, 15) is 4.79 Å². The SMILES string of the molecule is O=C(Cc1ccc2occc2c1)Nc1cccc(C2SCCS2)c1. The number of fused-ring (bicyclic) bond motifs is 1. The minimum Gasteiger partial charge on any atom is -0.464 e. The van der Waals surface area contributed by atoms with Crippen molar-refractivity contribution in [1.29, 1.82) is 0 Å². The molecule has 1 aliphatic heterocycles. The lowest BCUT2D eigenvalue weighted by atomic mass is 10.1. The van der Waals surface area contributed by atoms with Crippen molar-refractivity contribution in [2.75, 3.05) is 16.8 Å². The molecule has 1 N–H and O–H groups in total. The van der Waals surface area contributed by atoms with E-state index in [2.05, 4.69) is 17.4 Å². The summed E-state index contributed by atoms with van der Waals surface area (Å²) in [6.45, 7) is 0. The standard InChI is InChI=1S/C19H17NO2S2/c21-18(11-13-4-5-17-14(10-13)6-7-22-17)20-16-3-1-2-15(12-16)19-23-8-9-24-19/h1-7,10,12,19H,8-9,11H2,(H,20,21). The van der Waals surface area contributed by atoms with Crippen LogP contribution in [0.2, 0.25) is 0 Å². The van der Waals surface area contributed by atoms with Crippen molar-refractivity contribution in [2.24, 2.45) is 0 Å². The first-order chi connectivity index (χ1) is 11.8. The van der Waals surface area contributed by atoms with Gasteiger partial charge >= 0.3 is 0 Å². The van der Waals surface area contributed by atoms with E-state index in [1.807, 2.05) is 59.9 Å². The number of amides is 1. The Morgan fingerprint density at radius 3 is 2.88 bits per heavy atom. The highest BCUT2D eigenvalue weighted by Gasteiger charge is 2.18. The summed E-state index contributed by atoms with van der Waals surface area (Å²) in [4.78, 5) is 12.3. The van der Waals surface area contributed by atoms with Crippen LogP contribution in [0.3, 0.4) is 0 Å². The molecule has 24 heavy (non-hydrogen) atoms. The van der Waals surface area contributed by atoms with Gasteiger partial charge in [-0.3, -0.25) is 4.79 Å². The number of rotatable bonds is 4. The molecule has 3 nitrogen and oxygen atoms in total. The van der Waals surface area contributed by atoms with Gasteiger partial charge in [0.15, 0.2) is 0 Å². The highest BCUT2D eigenvalue weighted by molar-refractivity contribution is 8.19. The molecule has 5 heteroatoms. The summed E-state index contributed by atoms with van der Waals surface area (Å²) in [5.41, 5.74) is 3.98. The van der Waals surface area contributed by atoms with E-state index in [1.165, 1.54) is 17.1 Å². The molecule has 1 amide bonds. The molecule has 0 spiro atoms. The van der Waals surface area contributed by atoms with Crippen LogP contribution in [-0.4, -0.2) is 17.4 Å². The molecule has 2 aromatic carbocycles. The number of nitrogens with one attached hydrogen (secondary N) is 1. The number of thioether (sulfide) groups is 2. The summed E-state index contributed by atoms with van der Waals surface area (Å²) in [7, 11) is 0. The van der Waals surface area contributed by atoms with E-state index in [1.54, 1.807) is 6.26 Å². The monoisotopic (exact) mass is 355 g/mol. The largest absolute Gasteiger partial charge is 0.464 e. The lowest BCUT2D eigenvalue weighted by Crippen LogP contribution is -2.14. The quantitative estimate of drug-likeness (QED) is 0.707. The van der Waals surface area contributed by atoms with Gasteiger partial charge in [0.25, 0.3) is 0 Å². The Labute approximate surface area is 149 Å². The van der Waals surface area contributed by atoms with Crippen LogP contribution in [0.25, 0.3) is 11.0 Å². The fraction of sp³-hybridized carbons (Fsp3) is 0.211. The summed E-state index contributed by atoms with van der Waals surface area (Å²) >= 11 is 3.94. The van der Waals surface area contributed by atoms with Gasteiger partial charge in [-0.2, -0.15) is 0 Å². The maximum absolute atomic E-state index is 12.3. The number of hydrogen-bond donors (Lipinski definition) is 1. The molecule has 0 radical (unpaired) electrons. The molecule has 1 saturated heterocycles. The van der Waals surface area contributed by atoms with Gasteiger partial charge in [-0.1, -0.05) is 18.2 Å². The fourth-order valence-corrected chi connectivity index (χ4v) is 5.67. The molecule has 0 unspecified atom stereocenters. The number of hydrogen-bond acceptors (Lipinski definition) is 4. The summed E-state index contributed by atoms with van der Waals surface area (Å²) in [5, 5.41) is 4.04. The zero-order chi connectivity index (χ0) is 16.4. The van der Waals surface area contributed by atoms with Gasteiger partial charge in [-0.25, -0.2) is 0 Å². The van der Waals surface area contributed by atoms with Crippen LogP contribution >= 0.6 is 23.5 Å². The number of furan rings is 1. The lowest BCUT2D eigenvalue weighted by molar-refractivity contribution is -0.115. The molecule has 3 aromatic rings. The van der Waals surface area contributed by atoms with E-state index < -0.39 is 0 Å². The predicted octanol–water partition coefficient (Wildman–Crippen LogP) is 5.09. The third kappa shape index (κ3) is 3.47. The van der Waals surface area contributed by atoms with Crippen molar-refractivity contribution in [1.82, 2.24) is 0 Å². The Bertz CT molecular complexity index is 868. The zero-order valence-electron chi connectivity index (χ0n) is 13.0. The van der Waals surface area contributed by atoms with Crippen LogP contribution in [0.5, 0.6) is 0 Å². The van der Waals surface area contributed by atoms with Crippen molar-refractivity contribution in [3.63, 3.8) is 0 Å². The lowest BCUT2D eigenvalue weighted by Gasteiger charge is -2.11. The summed E-state index contributed by atoms with van der Waals surface area (Å²) in [6, 6.07) is 16.0. The van der Waals surface area contributed by atoms with Gasteiger partial charge in [0.05, 0.1) is 17.3 Å². The number of anilines is 1. The van der Waals surface area contributed by atoms with Gasteiger partial charge < -0.3 is 9.73 Å². The highest BCUT2D eigenvalue weighted by atomic mass is 32.2. The minimum atomic E-state index is 0.00160. The predicted molar refractivity (Wildman–Crippen MR) is 103 cm³/mol. The third-order valence-electron chi connectivity index (χ3n) is 3.95. The average molecular weight is 355 g/mol. The van der Waals surface area contributed by atoms with E-state index in [0.29, 0.717) is 11.0 Å². The number of carbonyl (C=O) groups is 1. The Kier molecular flexibility index (Phi) is 4.54. The Morgan fingerprint density at radius 1 is 1.12 bits per heavy atom. The average Bonchev–Trinajstić information content (AvgIpc) is 3.26. The molecule has 0 aliphatic carbocycles. The molecule has 0 saturated carbocycles. The molecule has 1 aliphatic rings. The smallest absolute Gasteiger partial charge is 0.228 e. The van der Waals surface area contributed by atoms with Crippen LogP contribution in [0, 0.1) is 0 Å². The third-order valence-corrected chi connectivity index (χ3v) is 7.05. The van der Waals surface area contributed by atoms with E-state index in [-0.39, 0.29) is 5.91 Å². The molecule has 4 rings (SSSR count). The molecular weight excluding hydrogens is 338 g/mol. The van der Waals surface area contributed by atoms with Gasteiger partial charge in [-0.05, 0) is 41.5 Å². The van der Waals surface area contributed by atoms with Crippen LogP contribution in [-0.2, 0) is 11.2 Å². The van der Waals surface area contributed by atoms with Crippen LogP contribution in [0.15, 0.2) is 59.2 Å². The van der Waals surface area contributed by atoms with Crippen molar-refractivity contribution in [2.45, 2.75) is 11.0 Å². The second-order valence-corrected chi connectivity index (χ2v) is 8.44. The van der Waals surface area contributed by atoms with E-state index >= 15 is 0 Å². The second-order valence-electron chi connectivity index (χ2n) is 5.72. The Balaban J connectivity index is 1.44. The van der Waals surface area contributed by atoms with Gasteiger partial charge in [0.1, 0.15) is 5.58 Å². The van der Waals surface area contributed by atoms with Gasteiger partial charge in [0, 0.05) is 22.6 Å². The first-order valence-corrected chi connectivity index (χ1v) is 9.97. The zero-order valence-corrected chi connectivity index (χ0v) is 14.7. The first kappa shape index (κ1) is 15.7. The molecule has 122 valence electrons. The van der Waals surface area contributed by atoms with Gasteiger partial charge in [0.2, 0.25) is 5.91 Å². The summed E-state index contributed by atoms with van der Waals surface area (Å²) in [6.07, 6.45) is 2.03. The Morgan fingerprint density at radius 2 is 2.00 bits per heavy atom. The van der Waals surface area contributed by atoms with Crippen molar-refractivity contribution >= 4 is 46.1 Å². The normalized spacial score (nSPS) is 15.0. The topological polar surface area (TPSA) is 42.2 Å². The Hall–Kier alpha value is -1.85. The summed E-state index contributed by atoms with van der Waals surface area (Å²) in [5.74, 6) is 2.40. The van der Waals surface area contributed by atoms with Crippen molar-refractivity contribution in [3.8, 4) is 0 Å². The second kappa shape index (κ2) is 6.95. The molecule has 0 atom stereocenters. The van der Waals surface area contributed by atoms with Crippen molar-refractivity contribution in [3.05, 3.63) is 65.9 Å². The number of carbonyl (C=O) groups excluding carboxylic acids is 1. The fourth-order valence-electron chi connectivity index (χ4n) is 2.83. The van der Waals surface area contributed by atoms with Crippen LogP contribution in [0.1, 0.15) is 15.7 Å². The van der Waals surface area contributed by atoms with Gasteiger partial charge in [-0.15, -0.1) is 23.5 Å². The highest BCUT2D eigenvalue weighted by Crippen LogP contribution is 2.45. The molecule has 0 bridgehead atoms. The molecule has 1 aromatic heterocycles. The number of benzene rings is 2. The maximum atomic E-state index is 12.3. The minimum absolute atomic E-state index is 0.00160. The van der Waals surface area contributed by atoms with E-state index in [4.69, 9.17) is 4.42 Å². The molecule has 2 heterocycles. The summed E-state index contributed by atoms with van der Waals surface area (Å²) < 4.78 is 5.82. The van der Waals surface area contributed by atoms with Crippen LogP contribution < -0.4 is 5.32 Å². The first-order valence-electron chi connectivity index (χ1n) is 7.87.